The molecule has 1 aliphatic rings. The van der Waals surface area contributed by atoms with E-state index in [1.165, 1.54) is 15.9 Å². The van der Waals surface area contributed by atoms with Crippen LogP contribution in [0.1, 0.15) is 22.3 Å². The van der Waals surface area contributed by atoms with Crippen molar-refractivity contribution in [1.29, 1.82) is 0 Å². The smallest absolute Gasteiger partial charge is 0.172 e. The van der Waals surface area contributed by atoms with Gasteiger partial charge in [0.2, 0.25) is 0 Å². The van der Waals surface area contributed by atoms with Crippen molar-refractivity contribution >= 4 is 46.9 Å². The lowest BCUT2D eigenvalue weighted by Crippen LogP contribution is -2.41. The largest absolute Gasteiger partial charge is 0.456 e. The Balaban J connectivity index is 1.66. The van der Waals surface area contributed by atoms with E-state index < -0.39 is 15.1 Å². The molecular formula is C39H32O2P2. The topological polar surface area (TPSA) is 26.3 Å². The van der Waals surface area contributed by atoms with Gasteiger partial charge in [0.15, 0.2) is 7.14 Å². The van der Waals surface area contributed by atoms with Crippen molar-refractivity contribution in [3.05, 3.63) is 168 Å². The van der Waals surface area contributed by atoms with Crippen LogP contribution in [0.2, 0.25) is 0 Å². The first kappa shape index (κ1) is 27.6. The first-order valence-corrected chi connectivity index (χ1v) is 17.7. The molecule has 43 heavy (non-hydrogen) atoms. The third-order valence-corrected chi connectivity index (χ3v) is 14.4. The van der Waals surface area contributed by atoms with E-state index in [-0.39, 0.29) is 0 Å². The Labute approximate surface area is 255 Å². The van der Waals surface area contributed by atoms with Crippen LogP contribution in [0.15, 0.2) is 146 Å². The summed E-state index contributed by atoms with van der Waals surface area (Å²) in [5.41, 5.74) is 4.39. The molecule has 0 radical (unpaired) electrons. The first-order chi connectivity index (χ1) is 21.1. The molecule has 6 aromatic carbocycles. The zero-order valence-corrected chi connectivity index (χ0v) is 26.1. The Morgan fingerprint density at radius 3 is 1.58 bits per heavy atom. The van der Waals surface area contributed by atoms with Gasteiger partial charge in [0, 0.05) is 33.2 Å². The molecule has 4 heteroatoms. The van der Waals surface area contributed by atoms with Crippen molar-refractivity contribution in [2.45, 2.75) is 20.3 Å². The molecule has 0 fully saturated rings. The summed E-state index contributed by atoms with van der Waals surface area (Å²) in [6, 6.07) is 49.8. The number of hydrogen-bond acceptors (Lipinski definition) is 2. The zero-order valence-electron chi connectivity index (χ0n) is 24.3. The van der Waals surface area contributed by atoms with Gasteiger partial charge in [-0.15, -0.1) is 0 Å². The highest BCUT2D eigenvalue weighted by Gasteiger charge is 2.41. The van der Waals surface area contributed by atoms with Crippen molar-refractivity contribution in [3.63, 3.8) is 0 Å². The summed E-state index contributed by atoms with van der Waals surface area (Å²) in [4.78, 5) is 0. The van der Waals surface area contributed by atoms with Gasteiger partial charge in [0.1, 0.15) is 11.5 Å². The molecule has 1 aliphatic heterocycles. The third-order valence-electron chi connectivity index (χ3n) is 8.40. The van der Waals surface area contributed by atoms with Gasteiger partial charge in [-0.25, -0.2) is 0 Å². The van der Waals surface area contributed by atoms with Crippen molar-refractivity contribution < 1.29 is 9.30 Å². The Bertz CT molecular complexity index is 1870. The SMILES string of the molecule is Cc1c(C)c(P(c2ccccc2)c2ccccc2)c(P(=O)(c2ccccc2)c2ccccc2)c2c1Oc1ccccc1C2. The predicted molar refractivity (Wildman–Crippen MR) is 183 cm³/mol. The Morgan fingerprint density at radius 2 is 1.05 bits per heavy atom. The quantitative estimate of drug-likeness (QED) is 0.188. The van der Waals surface area contributed by atoms with Crippen LogP contribution in [0, 0.1) is 13.8 Å². The molecule has 0 unspecified atom stereocenters. The maximum atomic E-state index is 16.4. The van der Waals surface area contributed by atoms with Gasteiger partial charge >= 0.3 is 0 Å². The van der Waals surface area contributed by atoms with E-state index >= 15 is 4.57 Å². The summed E-state index contributed by atoms with van der Waals surface area (Å²) in [5, 5.41) is 6.24. The summed E-state index contributed by atoms with van der Waals surface area (Å²) >= 11 is 0. The second kappa shape index (κ2) is 11.5. The van der Waals surface area contributed by atoms with Crippen molar-refractivity contribution in [2.75, 3.05) is 0 Å². The molecule has 0 atom stereocenters. The van der Waals surface area contributed by atoms with Crippen LogP contribution in [0.25, 0.3) is 0 Å². The van der Waals surface area contributed by atoms with Gasteiger partial charge in [-0.05, 0) is 55.1 Å². The molecule has 0 amide bonds. The van der Waals surface area contributed by atoms with Crippen molar-refractivity contribution in [1.82, 2.24) is 0 Å². The van der Waals surface area contributed by atoms with E-state index in [0.29, 0.717) is 6.42 Å². The fourth-order valence-electron chi connectivity index (χ4n) is 6.21. The fourth-order valence-corrected chi connectivity index (χ4v) is 12.6. The highest BCUT2D eigenvalue weighted by molar-refractivity contribution is 7.89. The number of benzene rings is 6. The van der Waals surface area contributed by atoms with Crippen molar-refractivity contribution in [3.8, 4) is 11.5 Å². The maximum Gasteiger partial charge on any atom is 0.172 e. The summed E-state index contributed by atoms with van der Waals surface area (Å²) in [5.74, 6) is 1.72. The molecule has 7 rings (SSSR count). The van der Waals surface area contributed by atoms with Crippen LogP contribution in [0.4, 0.5) is 0 Å². The van der Waals surface area contributed by atoms with E-state index in [4.69, 9.17) is 4.74 Å². The molecule has 0 saturated carbocycles. The van der Waals surface area contributed by atoms with E-state index in [2.05, 4.69) is 86.6 Å². The fraction of sp³-hybridized carbons (Fsp3) is 0.0769. The van der Waals surface area contributed by atoms with Gasteiger partial charge in [0.25, 0.3) is 0 Å². The molecule has 0 aliphatic carbocycles. The predicted octanol–water partition coefficient (Wildman–Crippen LogP) is 7.40. The summed E-state index contributed by atoms with van der Waals surface area (Å²) in [6.07, 6.45) is 0.658. The van der Waals surface area contributed by atoms with E-state index in [9.17, 15) is 0 Å². The monoisotopic (exact) mass is 594 g/mol. The van der Waals surface area contributed by atoms with Crippen LogP contribution >= 0.6 is 15.1 Å². The lowest BCUT2D eigenvalue weighted by molar-refractivity contribution is 0.457. The number of rotatable bonds is 6. The molecule has 0 saturated heterocycles. The summed E-state index contributed by atoms with van der Waals surface area (Å²) in [6.45, 7) is 4.36. The highest BCUT2D eigenvalue weighted by Crippen LogP contribution is 2.51. The second-order valence-corrected chi connectivity index (χ2v) is 15.8. The van der Waals surface area contributed by atoms with Crippen LogP contribution < -0.4 is 36.6 Å². The number of hydrogen-bond donors (Lipinski definition) is 0. The average molecular weight is 595 g/mol. The minimum atomic E-state index is -3.39. The van der Waals surface area contributed by atoms with E-state index in [1.54, 1.807) is 0 Å². The molecule has 1 heterocycles. The molecule has 0 bridgehead atoms. The van der Waals surface area contributed by atoms with E-state index in [0.717, 1.165) is 49.7 Å². The van der Waals surface area contributed by atoms with Crippen LogP contribution in [-0.4, -0.2) is 0 Å². The summed E-state index contributed by atoms with van der Waals surface area (Å²) < 4.78 is 23.1. The molecule has 6 aromatic rings. The Kier molecular flexibility index (Phi) is 7.36. The van der Waals surface area contributed by atoms with Crippen molar-refractivity contribution in [2.24, 2.45) is 0 Å². The molecule has 0 spiro atoms. The molecule has 210 valence electrons. The number of fused-ring (bicyclic) bond motifs is 2. The lowest BCUT2D eigenvalue weighted by atomic mass is 9.95. The maximum absolute atomic E-state index is 16.4. The summed E-state index contributed by atoms with van der Waals surface area (Å²) in [7, 11) is -4.45. The minimum absolute atomic E-state index is 0.658. The molecule has 2 nitrogen and oxygen atoms in total. The number of para-hydroxylation sites is 1. The van der Waals surface area contributed by atoms with Gasteiger partial charge in [0.05, 0.1) is 0 Å². The highest BCUT2D eigenvalue weighted by atomic mass is 31.2. The van der Waals surface area contributed by atoms with Gasteiger partial charge in [-0.1, -0.05) is 140 Å². The Morgan fingerprint density at radius 1 is 0.581 bits per heavy atom. The third kappa shape index (κ3) is 4.76. The standard InChI is InChI=1S/C39H32O2P2/c1-28-29(2)38(42(31-18-7-3-8-19-31)32-20-9-4-10-21-32)39(35-27-30-17-15-16-26-36(30)41-37(28)35)43(40,33-22-11-5-12-23-33)34-24-13-6-14-25-34/h3-26H,27H2,1-2H3. The van der Waals surface area contributed by atoms with Gasteiger partial charge < -0.3 is 9.30 Å². The number of ether oxygens (including phenoxy) is 1. The van der Waals surface area contributed by atoms with Crippen LogP contribution in [0.3, 0.4) is 0 Å². The first-order valence-electron chi connectivity index (χ1n) is 14.6. The van der Waals surface area contributed by atoms with Crippen LogP contribution in [-0.2, 0) is 11.0 Å². The molecule has 0 N–H and O–H groups in total. The molecule has 0 aromatic heterocycles. The van der Waals surface area contributed by atoms with E-state index in [1.807, 2.05) is 72.8 Å². The van der Waals surface area contributed by atoms with Gasteiger partial charge in [-0.3, -0.25) is 0 Å². The normalized spacial score (nSPS) is 12.3. The average Bonchev–Trinajstić information content (AvgIpc) is 3.08. The molecular weight excluding hydrogens is 562 g/mol. The van der Waals surface area contributed by atoms with Gasteiger partial charge in [-0.2, -0.15) is 0 Å². The second-order valence-electron chi connectivity index (χ2n) is 10.9. The lowest BCUT2D eigenvalue weighted by Gasteiger charge is -2.35. The minimum Gasteiger partial charge on any atom is -0.456 e. The zero-order chi connectivity index (χ0) is 29.4. The Hall–Kier alpha value is -4.22. The van der Waals surface area contributed by atoms with Crippen LogP contribution in [0.5, 0.6) is 11.5 Å².